The number of nitrogens with zero attached hydrogens (tertiary/aromatic N) is 2. The van der Waals surface area contributed by atoms with Gasteiger partial charge in [-0.05, 0) is 0 Å². The zero-order chi connectivity index (χ0) is 10.5. The summed E-state index contributed by atoms with van der Waals surface area (Å²) in [5.74, 6) is -0.197. The van der Waals surface area contributed by atoms with Gasteiger partial charge >= 0.3 is 17.1 Å². The van der Waals surface area contributed by atoms with Gasteiger partial charge in [-0.1, -0.05) is 0 Å². The van der Waals surface area contributed by atoms with Crippen LogP contribution in [0, 0.1) is 11.5 Å². The smallest absolute Gasteiger partial charge is 1.00 e. The van der Waals surface area contributed by atoms with Gasteiger partial charge in [-0.25, -0.2) is 0 Å². The molecule has 0 saturated carbocycles. The molecular formula is C6H18Cl3CuN7. The molecule has 0 amide bonds. The first-order valence-corrected chi connectivity index (χ1v) is 3.77. The minimum atomic E-state index is -0.197. The summed E-state index contributed by atoms with van der Waals surface area (Å²) < 4.78 is 0. The van der Waals surface area contributed by atoms with Crippen LogP contribution in [0.4, 0.5) is 0 Å². The molecule has 9 N–H and O–H groups in total. The maximum atomic E-state index is 7.64. The van der Waals surface area contributed by atoms with E-state index in [1.54, 1.807) is 0 Å². The predicted octanol–water partition coefficient (Wildman–Crippen LogP) is -8.34. The summed E-state index contributed by atoms with van der Waals surface area (Å²) in [5, 5.41) is 10.7. The van der Waals surface area contributed by atoms with Crippen LogP contribution in [0.15, 0.2) is 4.99 Å². The van der Waals surface area contributed by atoms with Gasteiger partial charge < -0.3 is 53.1 Å². The molecular weight excluding hydrogens is 340 g/mol. The molecule has 0 aromatic heterocycles. The van der Waals surface area contributed by atoms with Crippen LogP contribution in [0.5, 0.6) is 0 Å². The van der Waals surface area contributed by atoms with Crippen molar-refractivity contribution in [2.45, 2.75) is 0 Å². The molecule has 0 spiro atoms. The zero-order valence-electron chi connectivity index (χ0n) is 9.00. The molecule has 0 aromatic carbocycles. The Morgan fingerprint density at radius 1 is 1.12 bits per heavy atom. The Bertz CT molecular complexity index is 167. The van der Waals surface area contributed by atoms with E-state index in [9.17, 15) is 0 Å². The summed E-state index contributed by atoms with van der Waals surface area (Å²) >= 11 is 0. The van der Waals surface area contributed by atoms with Crippen LogP contribution in [-0.4, -0.2) is 32.1 Å². The third-order valence-electron chi connectivity index (χ3n) is 0.821. The molecule has 0 bridgehead atoms. The van der Waals surface area contributed by atoms with E-state index in [2.05, 4.69) is 10.3 Å². The Hall–Kier alpha value is 0.0295. The quantitative estimate of drug-likeness (QED) is 0.111. The van der Waals surface area contributed by atoms with Crippen molar-refractivity contribution in [1.82, 2.24) is 5.32 Å². The van der Waals surface area contributed by atoms with Crippen molar-refractivity contribution >= 4 is 18.4 Å². The van der Waals surface area contributed by atoms with E-state index in [4.69, 9.17) is 28.2 Å². The summed E-state index contributed by atoms with van der Waals surface area (Å²) in [7, 11) is 0. The topological polar surface area (TPSA) is 152 Å². The third kappa shape index (κ3) is 63.8. The number of nitriles is 1. The first-order chi connectivity index (χ1) is 6.18. The molecule has 109 valence electrons. The monoisotopic (exact) mass is 356 g/mol. The van der Waals surface area contributed by atoms with Crippen molar-refractivity contribution in [1.29, 1.82) is 5.26 Å². The number of hydrogen-bond acceptors (Lipinski definition) is 5. The molecule has 7 nitrogen and oxygen atoms in total. The maximum absolute atomic E-state index is 7.64. The molecule has 0 unspecified atom stereocenters. The van der Waals surface area contributed by atoms with Gasteiger partial charge in [0.2, 0.25) is 12.2 Å². The fourth-order valence-electron chi connectivity index (χ4n) is 0.387. The van der Waals surface area contributed by atoms with Crippen LogP contribution in [-0.2, 0) is 17.1 Å². The number of aliphatic imine (C=N–C) groups is 1. The van der Waals surface area contributed by atoms with Gasteiger partial charge in [-0.15, -0.1) is 17.4 Å². The van der Waals surface area contributed by atoms with E-state index in [1.165, 1.54) is 6.19 Å². The van der Waals surface area contributed by atoms with E-state index in [0.29, 0.717) is 13.1 Å². The van der Waals surface area contributed by atoms with Crippen LogP contribution < -0.4 is 53.1 Å². The number of nitrogens with one attached hydrogen (secondary N) is 1. The van der Waals surface area contributed by atoms with Gasteiger partial charge in [0.05, 0.1) is 0 Å². The molecule has 11 heteroatoms. The number of nitrogens with two attached hydrogens (primary N) is 4. The van der Waals surface area contributed by atoms with E-state index in [0.717, 1.165) is 13.1 Å². The average Bonchev–Trinajstić information content (AvgIpc) is 2.06. The van der Waals surface area contributed by atoms with E-state index in [1.807, 2.05) is 0 Å². The summed E-state index contributed by atoms with van der Waals surface area (Å²) in [6.07, 6.45) is 1.41. The molecule has 17 heavy (non-hydrogen) atoms. The Labute approximate surface area is 131 Å². The van der Waals surface area contributed by atoms with Crippen molar-refractivity contribution in [3.8, 4) is 6.19 Å². The van der Waals surface area contributed by atoms with E-state index < -0.39 is 0 Å². The van der Waals surface area contributed by atoms with Gasteiger partial charge in [0, 0.05) is 26.2 Å². The molecule has 1 radical (unpaired) electrons. The molecule has 0 aliphatic heterocycles. The zero-order valence-corrected chi connectivity index (χ0v) is 12.3. The van der Waals surface area contributed by atoms with Crippen LogP contribution in [0.2, 0.25) is 0 Å². The van der Waals surface area contributed by atoms with Crippen molar-refractivity contribution < 1.29 is 41.9 Å². The summed E-state index contributed by atoms with van der Waals surface area (Å²) in [4.78, 5) is 2.90. The Morgan fingerprint density at radius 2 is 1.47 bits per heavy atom. The van der Waals surface area contributed by atoms with Crippen molar-refractivity contribution in [3.63, 3.8) is 0 Å². The molecule has 0 heterocycles. The molecule has 0 fully saturated rings. The molecule has 0 aliphatic rings. The summed E-state index contributed by atoms with van der Waals surface area (Å²) in [5.41, 5.74) is 19.7. The molecule has 0 aliphatic carbocycles. The fraction of sp³-hybridized carbons (Fsp3) is 0.667. The van der Waals surface area contributed by atoms with Crippen molar-refractivity contribution in [3.05, 3.63) is 0 Å². The second-order valence-corrected chi connectivity index (χ2v) is 1.96. The number of rotatable bonds is 4. The maximum Gasteiger partial charge on any atom is 2.00 e. The fourth-order valence-corrected chi connectivity index (χ4v) is 0.387. The minimum Gasteiger partial charge on any atom is -1.00 e. The van der Waals surface area contributed by atoms with Gasteiger partial charge in [0.1, 0.15) is 0 Å². The standard InChI is InChI=1S/C4H13N3.C2H4N4.3ClH.Cu/c5-1-3-7-4-2-6;3-1-6-2(4)5;;;;/h7H,1-6H2;(H4,4,5,6);3*1H;/q;;;;;+2/p-2. The molecule has 0 atom stereocenters. The first kappa shape index (κ1) is 36.0. The normalized spacial score (nSPS) is 5.94. The summed E-state index contributed by atoms with van der Waals surface area (Å²) in [6.45, 7) is 3.13. The Morgan fingerprint density at radius 3 is 1.59 bits per heavy atom. The van der Waals surface area contributed by atoms with Crippen LogP contribution in [0.1, 0.15) is 0 Å². The summed E-state index contributed by atoms with van der Waals surface area (Å²) in [6, 6.07) is 0. The van der Waals surface area contributed by atoms with E-state index in [-0.39, 0.29) is 60.2 Å². The molecule has 0 saturated heterocycles. The Kier molecular flexibility index (Phi) is 76.2. The van der Waals surface area contributed by atoms with Crippen molar-refractivity contribution in [2.75, 3.05) is 26.2 Å². The van der Waals surface area contributed by atoms with E-state index >= 15 is 0 Å². The SMILES string of the molecule is Cl.N#CN=C(N)N.NCCNCCN.[Cl-].[Cl-].[Cu+2]. The van der Waals surface area contributed by atoms with Gasteiger partial charge in [0.25, 0.3) is 0 Å². The number of guanidine groups is 1. The van der Waals surface area contributed by atoms with Gasteiger partial charge in [-0.3, -0.25) is 0 Å². The minimum absolute atomic E-state index is 0. The van der Waals surface area contributed by atoms with Crippen molar-refractivity contribution in [2.24, 2.45) is 27.9 Å². The predicted molar refractivity (Wildman–Crippen MR) is 59.6 cm³/mol. The van der Waals surface area contributed by atoms with Gasteiger partial charge in [0.15, 0.2) is 0 Å². The van der Waals surface area contributed by atoms with Crippen LogP contribution in [0.3, 0.4) is 0 Å². The second kappa shape index (κ2) is 36.0. The largest absolute Gasteiger partial charge is 2.00 e. The van der Waals surface area contributed by atoms with Crippen LogP contribution in [0.25, 0.3) is 0 Å². The van der Waals surface area contributed by atoms with Gasteiger partial charge in [-0.2, -0.15) is 5.26 Å². The number of hydrogen-bond donors (Lipinski definition) is 5. The molecule has 0 rings (SSSR count). The number of halogens is 3. The van der Waals surface area contributed by atoms with Crippen LogP contribution >= 0.6 is 12.4 Å². The third-order valence-corrected chi connectivity index (χ3v) is 0.821. The first-order valence-electron chi connectivity index (χ1n) is 3.77. The average molecular weight is 358 g/mol. The second-order valence-electron chi connectivity index (χ2n) is 1.96. The Balaban J connectivity index is -0.0000000290. The molecule has 0 aromatic rings.